The third kappa shape index (κ3) is 3.10. The smallest absolute Gasteiger partial charge is 0.264 e. The van der Waals surface area contributed by atoms with Gasteiger partial charge in [-0.2, -0.15) is 13.2 Å². The van der Waals surface area contributed by atoms with Crippen molar-refractivity contribution in [3.05, 3.63) is 40.0 Å². The van der Waals surface area contributed by atoms with Crippen LogP contribution in [-0.2, 0) is 6.18 Å². The highest BCUT2D eigenvalue weighted by Crippen LogP contribution is 2.37. The zero-order valence-electron chi connectivity index (χ0n) is 9.31. The second-order valence-corrected chi connectivity index (χ2v) is 3.85. The molecule has 0 amide bonds. The Morgan fingerprint density at radius 2 is 2.06 bits per heavy atom. The van der Waals surface area contributed by atoms with Crippen molar-refractivity contribution in [2.45, 2.75) is 26.1 Å². The van der Waals surface area contributed by atoms with E-state index in [-0.39, 0.29) is 11.5 Å². The molecule has 1 aromatic heterocycles. The Kier molecular flexibility index (Phi) is 3.96. The van der Waals surface area contributed by atoms with Crippen molar-refractivity contribution >= 4 is 0 Å². The van der Waals surface area contributed by atoms with Crippen LogP contribution in [0.4, 0.5) is 13.2 Å². The van der Waals surface area contributed by atoms with E-state index >= 15 is 0 Å². The van der Waals surface area contributed by atoms with Gasteiger partial charge in [-0.1, -0.05) is 19.0 Å². The molecule has 0 aliphatic rings. The van der Waals surface area contributed by atoms with Crippen molar-refractivity contribution in [1.82, 2.24) is 4.98 Å². The van der Waals surface area contributed by atoms with E-state index in [4.69, 9.17) is 5.53 Å². The summed E-state index contributed by atoms with van der Waals surface area (Å²) in [5, 5.41) is 3.41. The molecule has 0 aromatic carbocycles. The summed E-state index contributed by atoms with van der Waals surface area (Å²) >= 11 is 0. The van der Waals surface area contributed by atoms with Gasteiger partial charge in [0.25, 0.3) is 0 Å². The van der Waals surface area contributed by atoms with Gasteiger partial charge in [0.05, 0.1) is 11.6 Å². The van der Waals surface area contributed by atoms with Gasteiger partial charge in [0.15, 0.2) is 0 Å². The molecule has 0 saturated heterocycles. The van der Waals surface area contributed by atoms with Gasteiger partial charge in [-0.05, 0) is 23.1 Å². The Balaban J connectivity index is 3.33. The first-order valence-electron chi connectivity index (χ1n) is 4.93. The number of hydrogen-bond donors (Lipinski definition) is 0. The van der Waals surface area contributed by atoms with E-state index in [0.29, 0.717) is 0 Å². The predicted octanol–water partition coefficient (Wildman–Crippen LogP) is 4.11. The quantitative estimate of drug-likeness (QED) is 0.448. The average Bonchev–Trinajstić information content (AvgIpc) is 2.24. The summed E-state index contributed by atoms with van der Waals surface area (Å²) < 4.78 is 38.2. The molecule has 0 aliphatic carbocycles. The summed E-state index contributed by atoms with van der Waals surface area (Å²) in [5.74, 6) is -0.240. The zero-order valence-corrected chi connectivity index (χ0v) is 9.31. The summed E-state index contributed by atoms with van der Waals surface area (Å²) in [6.45, 7) is 3.37. The SMILES string of the molecule is CC(C)C(N=[N+]=[N-])c1cnccc1C(F)(F)F. The summed E-state index contributed by atoms with van der Waals surface area (Å²) in [6, 6.07) is 0.0164. The maximum absolute atomic E-state index is 12.7. The van der Waals surface area contributed by atoms with Crippen molar-refractivity contribution < 1.29 is 13.2 Å². The Morgan fingerprint density at radius 1 is 1.41 bits per heavy atom. The minimum atomic E-state index is -4.48. The highest BCUT2D eigenvalue weighted by molar-refractivity contribution is 5.29. The molecule has 0 fully saturated rings. The van der Waals surface area contributed by atoms with Crippen LogP contribution in [0.15, 0.2) is 23.6 Å². The van der Waals surface area contributed by atoms with Crippen molar-refractivity contribution in [3.8, 4) is 0 Å². The number of pyridine rings is 1. The lowest BCUT2D eigenvalue weighted by Crippen LogP contribution is -2.14. The molecule has 1 unspecified atom stereocenters. The third-order valence-corrected chi connectivity index (χ3v) is 2.28. The first-order chi connectivity index (χ1) is 7.88. The largest absolute Gasteiger partial charge is 0.416 e. The van der Waals surface area contributed by atoms with Gasteiger partial charge < -0.3 is 0 Å². The van der Waals surface area contributed by atoms with E-state index in [1.165, 1.54) is 0 Å². The van der Waals surface area contributed by atoms with Crippen LogP contribution < -0.4 is 0 Å². The van der Waals surface area contributed by atoms with Crippen molar-refractivity contribution in [1.29, 1.82) is 0 Å². The van der Waals surface area contributed by atoms with Crippen LogP contribution in [0.1, 0.15) is 31.0 Å². The lowest BCUT2D eigenvalue weighted by Gasteiger charge is -2.19. The van der Waals surface area contributed by atoms with Crippen molar-refractivity contribution in [2.24, 2.45) is 11.0 Å². The molecule has 17 heavy (non-hydrogen) atoms. The van der Waals surface area contributed by atoms with Crippen LogP contribution in [0.2, 0.25) is 0 Å². The van der Waals surface area contributed by atoms with Gasteiger partial charge in [-0.25, -0.2) is 0 Å². The second kappa shape index (κ2) is 5.05. The van der Waals surface area contributed by atoms with Crippen LogP contribution >= 0.6 is 0 Å². The van der Waals surface area contributed by atoms with Crippen LogP contribution in [-0.4, -0.2) is 4.98 Å². The van der Waals surface area contributed by atoms with E-state index in [1.807, 2.05) is 0 Å². The van der Waals surface area contributed by atoms with Crippen LogP contribution in [0.25, 0.3) is 10.4 Å². The summed E-state index contributed by atoms with van der Waals surface area (Å²) in [7, 11) is 0. The molecular weight excluding hydrogens is 233 g/mol. The van der Waals surface area contributed by atoms with Crippen molar-refractivity contribution in [2.75, 3.05) is 0 Å². The molecule has 0 saturated carbocycles. The summed E-state index contributed by atoms with van der Waals surface area (Å²) in [6.07, 6.45) is -2.31. The molecule has 7 heteroatoms. The maximum atomic E-state index is 12.7. The van der Waals surface area contributed by atoms with Crippen LogP contribution in [0, 0.1) is 5.92 Å². The van der Waals surface area contributed by atoms with Gasteiger partial charge in [-0.15, -0.1) is 0 Å². The molecule has 4 nitrogen and oxygen atoms in total. The zero-order chi connectivity index (χ0) is 13.1. The minimum absolute atomic E-state index is 0.0900. The minimum Gasteiger partial charge on any atom is -0.264 e. The molecule has 0 spiro atoms. The molecule has 0 radical (unpaired) electrons. The van der Waals surface area contributed by atoms with Gasteiger partial charge in [0.2, 0.25) is 0 Å². The number of rotatable bonds is 3. The topological polar surface area (TPSA) is 61.7 Å². The van der Waals surface area contributed by atoms with Crippen LogP contribution in [0.5, 0.6) is 0 Å². The fourth-order valence-electron chi connectivity index (χ4n) is 1.51. The van der Waals surface area contributed by atoms with E-state index in [0.717, 1.165) is 18.5 Å². The number of aromatic nitrogens is 1. The second-order valence-electron chi connectivity index (χ2n) is 3.85. The molecule has 1 rings (SSSR count). The van der Waals surface area contributed by atoms with Crippen LogP contribution in [0.3, 0.4) is 0 Å². The standard InChI is InChI=1S/C10H11F3N4/c1-6(2)9(16-17-14)7-5-15-4-3-8(7)10(11,12)13/h3-6,9H,1-2H3. The van der Waals surface area contributed by atoms with Gasteiger partial charge >= 0.3 is 6.18 Å². The van der Waals surface area contributed by atoms with E-state index < -0.39 is 17.8 Å². The Labute approximate surface area is 96.1 Å². The monoisotopic (exact) mass is 244 g/mol. The summed E-state index contributed by atoms with van der Waals surface area (Å²) in [5.41, 5.74) is 7.50. The third-order valence-electron chi connectivity index (χ3n) is 2.28. The molecule has 1 atom stereocenters. The first kappa shape index (κ1) is 13.3. The number of nitrogens with zero attached hydrogens (tertiary/aromatic N) is 4. The van der Waals surface area contributed by atoms with Gasteiger partial charge in [-0.3, -0.25) is 4.98 Å². The highest BCUT2D eigenvalue weighted by Gasteiger charge is 2.35. The fraction of sp³-hybridized carbons (Fsp3) is 0.500. The van der Waals surface area contributed by atoms with Gasteiger partial charge in [0.1, 0.15) is 0 Å². The van der Waals surface area contributed by atoms with E-state index in [1.54, 1.807) is 13.8 Å². The molecule has 0 N–H and O–H groups in total. The van der Waals surface area contributed by atoms with Gasteiger partial charge in [0, 0.05) is 17.3 Å². The highest BCUT2D eigenvalue weighted by atomic mass is 19.4. The number of halogens is 3. The predicted molar refractivity (Wildman–Crippen MR) is 56.0 cm³/mol. The van der Waals surface area contributed by atoms with Crippen molar-refractivity contribution in [3.63, 3.8) is 0 Å². The van der Waals surface area contributed by atoms with E-state index in [2.05, 4.69) is 15.0 Å². The normalized spacial score (nSPS) is 13.3. The Bertz CT molecular complexity index is 435. The molecule has 0 aliphatic heterocycles. The molecular formula is C10H11F3N4. The number of alkyl halides is 3. The fourth-order valence-corrected chi connectivity index (χ4v) is 1.51. The number of azide groups is 1. The van der Waals surface area contributed by atoms with E-state index in [9.17, 15) is 13.2 Å². The lowest BCUT2D eigenvalue weighted by atomic mass is 9.94. The molecule has 1 aromatic rings. The Morgan fingerprint density at radius 3 is 2.53 bits per heavy atom. The summed E-state index contributed by atoms with van der Waals surface area (Å²) in [4.78, 5) is 6.25. The Hall–Kier alpha value is -1.75. The first-order valence-corrected chi connectivity index (χ1v) is 4.93. The lowest BCUT2D eigenvalue weighted by molar-refractivity contribution is -0.138. The maximum Gasteiger partial charge on any atom is 0.416 e. The molecule has 1 heterocycles. The number of hydrogen-bond acceptors (Lipinski definition) is 2. The molecule has 92 valence electrons. The average molecular weight is 244 g/mol. The molecule has 0 bridgehead atoms.